The minimum Gasteiger partial charge on any atom is -0.507 e. The van der Waals surface area contributed by atoms with Crippen LogP contribution in [0.5, 0.6) is 17.2 Å². The Kier molecular flexibility index (Phi) is 6.83. The van der Waals surface area contributed by atoms with Gasteiger partial charge in [-0.05, 0) is 37.6 Å². The predicted molar refractivity (Wildman–Crippen MR) is 122 cm³/mol. The first-order chi connectivity index (χ1) is 17.5. The van der Waals surface area contributed by atoms with Gasteiger partial charge in [0.15, 0.2) is 23.2 Å². The van der Waals surface area contributed by atoms with Crippen LogP contribution in [0.4, 0.5) is 13.2 Å². The van der Waals surface area contributed by atoms with Crippen LogP contribution in [0.25, 0.3) is 0 Å². The number of aromatic nitrogens is 1. The number of hydrogen-bond donors (Lipinski definition) is 3. The minimum atomic E-state index is -1.75. The molecule has 2 atom stereocenters. The van der Waals surface area contributed by atoms with Gasteiger partial charge in [-0.15, -0.1) is 0 Å². The van der Waals surface area contributed by atoms with Gasteiger partial charge in [0.25, 0.3) is 0 Å². The Labute approximate surface area is 208 Å². The minimum absolute atomic E-state index is 0.00582. The molecule has 194 valence electrons. The highest BCUT2D eigenvalue weighted by Gasteiger charge is 2.36. The summed E-state index contributed by atoms with van der Waals surface area (Å²) in [4.78, 5) is 28.8. The zero-order chi connectivity index (χ0) is 27.2. The van der Waals surface area contributed by atoms with Crippen molar-refractivity contribution in [3.05, 3.63) is 80.9 Å². The summed E-state index contributed by atoms with van der Waals surface area (Å²) in [6.45, 7) is 2.70. The lowest BCUT2D eigenvalue weighted by Gasteiger charge is -2.24. The van der Waals surface area contributed by atoms with Gasteiger partial charge >= 0.3 is 5.97 Å². The second kappa shape index (κ2) is 9.74. The van der Waals surface area contributed by atoms with Gasteiger partial charge in [-0.2, -0.15) is 0 Å². The molecule has 1 aliphatic rings. The average Bonchev–Trinajstić information content (AvgIpc) is 3.28. The highest BCUT2D eigenvalue weighted by atomic mass is 19.2. The number of aromatic hydroxyl groups is 3. The van der Waals surface area contributed by atoms with E-state index in [-0.39, 0.29) is 40.3 Å². The van der Waals surface area contributed by atoms with E-state index in [1.165, 1.54) is 12.3 Å². The van der Waals surface area contributed by atoms with Crippen LogP contribution in [0, 0.1) is 24.4 Å². The SMILES string of the molecule is COC(=O)CC(c1cc(F)c(F)c(F)c1)c1c(O)c(C(C)=O)cc(C2OCc3cnc(C)c(O)c32)c1O. The number of carbonyl (C=O) groups excluding carboxylic acids is 2. The number of methoxy groups -OCH3 is 1. The Morgan fingerprint density at radius 3 is 2.35 bits per heavy atom. The fourth-order valence-corrected chi connectivity index (χ4v) is 4.48. The molecule has 8 nitrogen and oxygen atoms in total. The van der Waals surface area contributed by atoms with E-state index in [1.807, 2.05) is 0 Å². The maximum Gasteiger partial charge on any atom is 0.306 e. The zero-order valence-corrected chi connectivity index (χ0v) is 19.9. The number of rotatable bonds is 6. The molecular weight excluding hydrogens is 495 g/mol. The maximum absolute atomic E-state index is 14.2. The number of halogens is 3. The van der Waals surface area contributed by atoms with Crippen molar-refractivity contribution < 1.29 is 47.6 Å². The molecule has 4 rings (SSSR count). The molecule has 0 radical (unpaired) electrons. The van der Waals surface area contributed by atoms with E-state index in [0.29, 0.717) is 17.7 Å². The highest BCUT2D eigenvalue weighted by molar-refractivity contribution is 5.98. The summed E-state index contributed by atoms with van der Waals surface area (Å²) in [5, 5.41) is 33.0. The molecule has 1 aromatic heterocycles. The summed E-state index contributed by atoms with van der Waals surface area (Å²) in [7, 11) is 1.06. The molecule has 0 amide bonds. The van der Waals surface area contributed by atoms with Crippen LogP contribution in [-0.4, -0.2) is 39.2 Å². The summed E-state index contributed by atoms with van der Waals surface area (Å²) >= 11 is 0. The Bertz CT molecular complexity index is 1420. The van der Waals surface area contributed by atoms with Gasteiger partial charge in [0.1, 0.15) is 23.4 Å². The number of pyridine rings is 1. The lowest BCUT2D eigenvalue weighted by atomic mass is 9.83. The first-order valence-electron chi connectivity index (χ1n) is 11.1. The lowest BCUT2D eigenvalue weighted by molar-refractivity contribution is -0.140. The number of phenols is 2. The predicted octanol–water partition coefficient (Wildman–Crippen LogP) is 4.44. The van der Waals surface area contributed by atoms with E-state index in [0.717, 1.165) is 14.0 Å². The van der Waals surface area contributed by atoms with E-state index in [1.54, 1.807) is 6.92 Å². The first-order valence-corrected chi connectivity index (χ1v) is 11.1. The van der Waals surface area contributed by atoms with Gasteiger partial charge in [-0.1, -0.05) is 0 Å². The maximum atomic E-state index is 14.2. The number of hydrogen-bond acceptors (Lipinski definition) is 8. The first kappa shape index (κ1) is 26.0. The molecule has 0 saturated carbocycles. The van der Waals surface area contributed by atoms with Gasteiger partial charge in [0.05, 0.1) is 31.4 Å². The molecule has 1 aliphatic heterocycles. The van der Waals surface area contributed by atoms with Crippen molar-refractivity contribution in [1.82, 2.24) is 4.98 Å². The van der Waals surface area contributed by atoms with E-state index in [4.69, 9.17) is 4.74 Å². The quantitative estimate of drug-likeness (QED) is 0.249. The zero-order valence-electron chi connectivity index (χ0n) is 19.9. The molecule has 3 aromatic rings. The third-order valence-electron chi connectivity index (χ3n) is 6.38. The molecule has 0 fully saturated rings. The molecular formula is C26H22F3NO7. The molecule has 37 heavy (non-hydrogen) atoms. The monoisotopic (exact) mass is 517 g/mol. The molecule has 3 N–H and O–H groups in total. The van der Waals surface area contributed by atoms with Gasteiger partial charge in [0.2, 0.25) is 0 Å². The Morgan fingerprint density at radius 2 is 1.76 bits per heavy atom. The highest BCUT2D eigenvalue weighted by Crippen LogP contribution is 2.50. The Morgan fingerprint density at radius 1 is 1.11 bits per heavy atom. The van der Waals surface area contributed by atoms with E-state index < -0.39 is 64.7 Å². The number of Topliss-reactive ketones (excluding diaryl/α,β-unsaturated/α-hetero) is 1. The molecule has 2 aromatic carbocycles. The molecule has 0 aliphatic carbocycles. The third kappa shape index (κ3) is 4.46. The number of nitrogens with zero attached hydrogens (tertiary/aromatic N) is 1. The molecule has 0 saturated heterocycles. The third-order valence-corrected chi connectivity index (χ3v) is 6.38. The number of fused-ring (bicyclic) bond motifs is 1. The number of benzene rings is 2. The van der Waals surface area contributed by atoms with Crippen LogP contribution in [-0.2, 0) is 20.9 Å². The molecule has 11 heteroatoms. The molecule has 0 bridgehead atoms. The van der Waals surface area contributed by atoms with Crippen molar-refractivity contribution in [1.29, 1.82) is 0 Å². The fourth-order valence-electron chi connectivity index (χ4n) is 4.48. The Hall–Kier alpha value is -4.12. The van der Waals surface area contributed by atoms with Crippen molar-refractivity contribution in [3.63, 3.8) is 0 Å². The number of phenolic OH excluding ortho intramolecular Hbond substituents is 2. The van der Waals surface area contributed by atoms with Crippen LogP contribution in [0.1, 0.15) is 69.2 Å². The number of ether oxygens (including phenoxy) is 2. The van der Waals surface area contributed by atoms with Crippen LogP contribution in [0.3, 0.4) is 0 Å². The second-order valence-corrected chi connectivity index (χ2v) is 8.63. The van der Waals surface area contributed by atoms with Crippen molar-refractivity contribution in [3.8, 4) is 17.2 Å². The van der Waals surface area contributed by atoms with Crippen molar-refractivity contribution in [2.24, 2.45) is 0 Å². The largest absolute Gasteiger partial charge is 0.507 e. The number of esters is 1. The average molecular weight is 517 g/mol. The summed E-state index contributed by atoms with van der Waals surface area (Å²) in [5.41, 5.74) is -0.0212. The topological polar surface area (TPSA) is 126 Å². The number of aryl methyl sites for hydroxylation is 1. The van der Waals surface area contributed by atoms with Gasteiger partial charge < -0.3 is 24.8 Å². The molecule has 2 heterocycles. The molecule has 0 spiro atoms. The van der Waals surface area contributed by atoms with E-state index in [9.17, 15) is 38.1 Å². The summed E-state index contributed by atoms with van der Waals surface area (Å²) in [5.74, 6) is -9.47. The van der Waals surface area contributed by atoms with Crippen molar-refractivity contribution >= 4 is 11.8 Å². The van der Waals surface area contributed by atoms with Crippen molar-refractivity contribution in [2.45, 2.75) is 38.9 Å². The second-order valence-electron chi connectivity index (χ2n) is 8.63. The van der Waals surface area contributed by atoms with E-state index >= 15 is 0 Å². The fraction of sp³-hybridized carbons (Fsp3) is 0.269. The number of ketones is 1. The standard InChI is InChI=1S/C26H22F3NO7/c1-10-23(33)20-13(8-30-10)9-37-26(20)16-6-14(11(2)31)24(34)21(25(16)35)15(7-19(32)36-3)12-4-17(27)22(29)18(28)5-12/h4-6,8,15,26,33-35H,7,9H2,1-3H3. The molecule has 2 unspecified atom stereocenters. The van der Waals surface area contributed by atoms with Gasteiger partial charge in [-0.25, -0.2) is 13.2 Å². The van der Waals surface area contributed by atoms with Crippen LogP contribution in [0.15, 0.2) is 24.4 Å². The van der Waals surface area contributed by atoms with Crippen LogP contribution in [0.2, 0.25) is 0 Å². The van der Waals surface area contributed by atoms with E-state index in [2.05, 4.69) is 9.72 Å². The summed E-state index contributed by atoms with van der Waals surface area (Å²) in [6, 6.07) is 2.41. The Balaban J connectivity index is 2.01. The van der Waals surface area contributed by atoms with Gasteiger partial charge in [-0.3, -0.25) is 14.6 Å². The smallest absolute Gasteiger partial charge is 0.306 e. The lowest BCUT2D eigenvalue weighted by Crippen LogP contribution is -2.14. The normalized spacial score (nSPS) is 15.4. The summed E-state index contributed by atoms with van der Waals surface area (Å²) < 4.78 is 52.4. The summed E-state index contributed by atoms with van der Waals surface area (Å²) in [6.07, 6.45) is -0.271. The van der Waals surface area contributed by atoms with Crippen molar-refractivity contribution in [2.75, 3.05) is 7.11 Å². The van der Waals surface area contributed by atoms with Gasteiger partial charge in [0, 0.05) is 34.4 Å². The van der Waals surface area contributed by atoms with Crippen LogP contribution >= 0.6 is 0 Å². The van der Waals surface area contributed by atoms with Crippen LogP contribution < -0.4 is 0 Å². The number of carbonyl (C=O) groups is 2.